The molecule has 0 aliphatic heterocycles. The van der Waals surface area contributed by atoms with E-state index < -0.39 is 0 Å². The molecule has 1 aliphatic carbocycles. The molecule has 2 rings (SSSR count). The van der Waals surface area contributed by atoms with Crippen molar-refractivity contribution >= 4 is 11.6 Å². The van der Waals surface area contributed by atoms with Gasteiger partial charge in [0, 0.05) is 5.02 Å². The lowest BCUT2D eigenvalue weighted by Gasteiger charge is -2.21. The fraction of sp³-hybridized carbons (Fsp3) is 0.417. The van der Waals surface area contributed by atoms with Crippen LogP contribution < -0.4 is 0 Å². The molecule has 0 nitrogen and oxygen atoms in total. The van der Waals surface area contributed by atoms with Crippen LogP contribution in [-0.4, -0.2) is 0 Å². The van der Waals surface area contributed by atoms with Gasteiger partial charge in [-0.3, -0.25) is 0 Å². The zero-order valence-electron chi connectivity index (χ0n) is 7.67. The standard InChI is InChI=1S/C12H14Cl/c13-12-8-6-11(7-9-12)10-4-2-1-3-5-10/h4,6-10H,1-3,5H2. The van der Waals surface area contributed by atoms with Crippen LogP contribution in [-0.2, 0) is 0 Å². The van der Waals surface area contributed by atoms with Crippen molar-refractivity contribution in [3.05, 3.63) is 41.3 Å². The Morgan fingerprint density at radius 2 is 1.85 bits per heavy atom. The Balaban J connectivity index is 2.10. The molecule has 13 heavy (non-hydrogen) atoms. The molecule has 1 aromatic rings. The number of hydrogen-bond acceptors (Lipinski definition) is 0. The van der Waals surface area contributed by atoms with Crippen LogP contribution in [0.5, 0.6) is 0 Å². The SMILES string of the molecule is Clc1ccc(C2[CH]CCCC2)cc1. The fourth-order valence-electron chi connectivity index (χ4n) is 1.96. The second-order valence-electron chi connectivity index (χ2n) is 3.68. The van der Waals surface area contributed by atoms with Crippen LogP contribution in [0, 0.1) is 6.42 Å². The number of benzene rings is 1. The summed E-state index contributed by atoms with van der Waals surface area (Å²) in [5, 5.41) is 0.833. The summed E-state index contributed by atoms with van der Waals surface area (Å²) in [5.41, 5.74) is 1.42. The first-order valence-corrected chi connectivity index (χ1v) is 5.33. The number of halogens is 1. The molecule has 1 aliphatic rings. The van der Waals surface area contributed by atoms with Crippen molar-refractivity contribution in [3.63, 3.8) is 0 Å². The molecule has 0 saturated heterocycles. The molecule has 0 heterocycles. The van der Waals surface area contributed by atoms with Crippen LogP contribution in [0.1, 0.15) is 37.2 Å². The monoisotopic (exact) mass is 193 g/mol. The van der Waals surface area contributed by atoms with E-state index in [-0.39, 0.29) is 0 Å². The van der Waals surface area contributed by atoms with Crippen LogP contribution in [0.25, 0.3) is 0 Å². The third-order valence-corrected chi connectivity index (χ3v) is 2.97. The van der Waals surface area contributed by atoms with Gasteiger partial charge in [0.15, 0.2) is 0 Å². The highest BCUT2D eigenvalue weighted by Gasteiger charge is 2.14. The highest BCUT2D eigenvalue weighted by Crippen LogP contribution is 2.31. The molecule has 0 spiro atoms. The highest BCUT2D eigenvalue weighted by molar-refractivity contribution is 6.30. The van der Waals surface area contributed by atoms with Crippen molar-refractivity contribution in [3.8, 4) is 0 Å². The minimum atomic E-state index is 0.672. The van der Waals surface area contributed by atoms with E-state index in [0.717, 1.165) is 5.02 Å². The largest absolute Gasteiger partial charge is 0.0843 e. The molecule has 1 fully saturated rings. The molecule has 1 saturated carbocycles. The Morgan fingerprint density at radius 1 is 1.08 bits per heavy atom. The van der Waals surface area contributed by atoms with Crippen molar-refractivity contribution in [1.29, 1.82) is 0 Å². The first-order chi connectivity index (χ1) is 6.36. The topological polar surface area (TPSA) is 0 Å². The van der Waals surface area contributed by atoms with E-state index in [1.54, 1.807) is 0 Å². The summed E-state index contributed by atoms with van der Waals surface area (Å²) in [6.45, 7) is 0. The second-order valence-corrected chi connectivity index (χ2v) is 4.11. The average Bonchev–Trinajstić information content (AvgIpc) is 2.20. The van der Waals surface area contributed by atoms with Gasteiger partial charge in [-0.2, -0.15) is 0 Å². The van der Waals surface area contributed by atoms with Crippen LogP contribution in [0.4, 0.5) is 0 Å². The molecule has 0 amide bonds. The van der Waals surface area contributed by atoms with Crippen molar-refractivity contribution in [2.45, 2.75) is 31.6 Å². The van der Waals surface area contributed by atoms with E-state index in [1.165, 1.54) is 31.2 Å². The summed E-state index contributed by atoms with van der Waals surface area (Å²) in [6, 6.07) is 8.27. The highest BCUT2D eigenvalue weighted by atomic mass is 35.5. The molecule has 1 radical (unpaired) electrons. The molecule has 1 heteroatoms. The predicted molar refractivity (Wildman–Crippen MR) is 57.0 cm³/mol. The molecule has 0 aromatic heterocycles. The van der Waals surface area contributed by atoms with Gasteiger partial charge in [0.2, 0.25) is 0 Å². The maximum Gasteiger partial charge on any atom is 0.0406 e. The number of rotatable bonds is 1. The quantitative estimate of drug-likeness (QED) is 0.627. The van der Waals surface area contributed by atoms with E-state index in [9.17, 15) is 0 Å². The lowest BCUT2D eigenvalue weighted by Crippen LogP contribution is -2.04. The van der Waals surface area contributed by atoms with Crippen LogP contribution in [0.15, 0.2) is 24.3 Å². The van der Waals surface area contributed by atoms with Crippen molar-refractivity contribution in [1.82, 2.24) is 0 Å². The summed E-state index contributed by atoms with van der Waals surface area (Å²) in [7, 11) is 0. The van der Waals surface area contributed by atoms with E-state index in [1.807, 2.05) is 12.1 Å². The van der Waals surface area contributed by atoms with E-state index in [2.05, 4.69) is 18.6 Å². The average molecular weight is 194 g/mol. The summed E-state index contributed by atoms with van der Waals surface area (Å²) < 4.78 is 0. The predicted octanol–water partition coefficient (Wildman–Crippen LogP) is 4.20. The normalized spacial score (nSPS) is 18.8. The summed E-state index contributed by atoms with van der Waals surface area (Å²) in [6.07, 6.45) is 7.75. The Morgan fingerprint density at radius 3 is 2.46 bits per heavy atom. The molecular formula is C12H14Cl. The zero-order chi connectivity index (χ0) is 9.10. The van der Waals surface area contributed by atoms with Gasteiger partial charge in [-0.15, -0.1) is 0 Å². The summed E-state index contributed by atoms with van der Waals surface area (Å²) in [5.74, 6) is 0.672. The third kappa shape index (κ3) is 2.25. The lowest BCUT2D eigenvalue weighted by atomic mass is 9.84. The Hall–Kier alpha value is -0.490. The van der Waals surface area contributed by atoms with Gasteiger partial charge < -0.3 is 0 Å². The van der Waals surface area contributed by atoms with Crippen molar-refractivity contribution in [2.75, 3.05) is 0 Å². The summed E-state index contributed by atoms with van der Waals surface area (Å²) in [4.78, 5) is 0. The Labute approximate surface area is 84.9 Å². The Bertz CT molecular complexity index is 257. The van der Waals surface area contributed by atoms with Gasteiger partial charge in [-0.25, -0.2) is 0 Å². The van der Waals surface area contributed by atoms with Crippen molar-refractivity contribution in [2.24, 2.45) is 0 Å². The van der Waals surface area contributed by atoms with Gasteiger partial charge in [0.25, 0.3) is 0 Å². The molecule has 1 unspecified atom stereocenters. The maximum absolute atomic E-state index is 5.84. The smallest absolute Gasteiger partial charge is 0.0406 e. The van der Waals surface area contributed by atoms with Gasteiger partial charge in [0.1, 0.15) is 0 Å². The minimum absolute atomic E-state index is 0.672. The van der Waals surface area contributed by atoms with Crippen LogP contribution in [0.3, 0.4) is 0 Å². The zero-order valence-corrected chi connectivity index (χ0v) is 8.43. The second kappa shape index (κ2) is 4.15. The van der Waals surface area contributed by atoms with Gasteiger partial charge in [0.05, 0.1) is 0 Å². The van der Waals surface area contributed by atoms with Gasteiger partial charge in [-0.05, 0) is 42.9 Å². The van der Waals surface area contributed by atoms with E-state index >= 15 is 0 Å². The van der Waals surface area contributed by atoms with Crippen molar-refractivity contribution < 1.29 is 0 Å². The van der Waals surface area contributed by atoms with Crippen LogP contribution >= 0.6 is 11.6 Å². The molecular weight excluding hydrogens is 180 g/mol. The van der Waals surface area contributed by atoms with Gasteiger partial charge >= 0.3 is 0 Å². The van der Waals surface area contributed by atoms with E-state index in [0.29, 0.717) is 5.92 Å². The minimum Gasteiger partial charge on any atom is -0.0843 e. The van der Waals surface area contributed by atoms with Gasteiger partial charge in [-0.1, -0.05) is 36.6 Å². The lowest BCUT2D eigenvalue weighted by molar-refractivity contribution is 0.534. The fourth-order valence-corrected chi connectivity index (χ4v) is 2.08. The number of hydrogen-bond donors (Lipinski definition) is 0. The Kier molecular flexibility index (Phi) is 2.90. The summed E-state index contributed by atoms with van der Waals surface area (Å²) >= 11 is 5.84. The molecule has 0 bridgehead atoms. The maximum atomic E-state index is 5.84. The molecule has 1 aromatic carbocycles. The van der Waals surface area contributed by atoms with E-state index in [4.69, 9.17) is 11.6 Å². The molecule has 1 atom stereocenters. The first kappa shape index (κ1) is 9.08. The van der Waals surface area contributed by atoms with Crippen LogP contribution in [0.2, 0.25) is 5.02 Å². The molecule has 69 valence electrons. The first-order valence-electron chi connectivity index (χ1n) is 4.95. The third-order valence-electron chi connectivity index (χ3n) is 2.72. The molecule has 0 N–H and O–H groups in total.